The van der Waals surface area contributed by atoms with E-state index in [1.807, 2.05) is 0 Å². The lowest BCUT2D eigenvalue weighted by atomic mass is 10.1. The molecule has 0 spiro atoms. The fourth-order valence-electron chi connectivity index (χ4n) is 2.83. The van der Waals surface area contributed by atoms with Gasteiger partial charge in [-0.05, 0) is 18.4 Å². The van der Waals surface area contributed by atoms with Crippen molar-refractivity contribution in [1.29, 1.82) is 0 Å². The first-order valence-electron chi connectivity index (χ1n) is 8.27. The highest BCUT2D eigenvalue weighted by Gasteiger charge is 2.29. The zero-order valence-corrected chi connectivity index (χ0v) is 13.8. The van der Waals surface area contributed by atoms with Gasteiger partial charge in [-0.25, -0.2) is 9.50 Å². The van der Waals surface area contributed by atoms with E-state index in [2.05, 4.69) is 15.4 Å². The highest BCUT2D eigenvalue weighted by molar-refractivity contribution is 5.99. The minimum absolute atomic E-state index is 0.0265. The Labute approximate surface area is 144 Å². The van der Waals surface area contributed by atoms with E-state index in [-0.39, 0.29) is 37.9 Å². The molecule has 1 saturated heterocycles. The molecule has 0 aliphatic carbocycles. The summed E-state index contributed by atoms with van der Waals surface area (Å²) in [7, 11) is 0. The van der Waals surface area contributed by atoms with Gasteiger partial charge in [0.2, 0.25) is 0 Å². The molecule has 0 unspecified atom stereocenters. The van der Waals surface area contributed by atoms with Crippen LogP contribution in [0.25, 0.3) is 5.65 Å². The third kappa shape index (κ3) is 4.13. The molecular formula is C16H22N4O5. The monoisotopic (exact) mass is 350 g/mol. The molecular weight excluding hydrogens is 328 g/mol. The minimum atomic E-state index is -0.300. The molecule has 1 fully saturated rings. The van der Waals surface area contributed by atoms with Gasteiger partial charge >= 0.3 is 0 Å². The Hall–Kier alpha value is -2.07. The maximum Gasteiger partial charge on any atom is 0.257 e. The Balaban J connectivity index is 1.72. The number of hydrogen-bond acceptors (Lipinski definition) is 7. The molecule has 1 aliphatic rings. The Kier molecular flexibility index (Phi) is 5.92. The van der Waals surface area contributed by atoms with Crippen LogP contribution >= 0.6 is 0 Å². The van der Waals surface area contributed by atoms with E-state index >= 15 is 0 Å². The van der Waals surface area contributed by atoms with Gasteiger partial charge < -0.3 is 25.0 Å². The topological polar surface area (TPSA) is 118 Å². The maximum absolute atomic E-state index is 12.6. The number of hydrogen-bond donors (Lipinski definition) is 3. The summed E-state index contributed by atoms with van der Waals surface area (Å²) in [4.78, 5) is 16.9. The van der Waals surface area contributed by atoms with Crippen molar-refractivity contribution in [3.8, 4) is 0 Å². The Morgan fingerprint density at radius 2 is 2.28 bits per heavy atom. The quantitative estimate of drug-likeness (QED) is 0.596. The number of nitrogens with one attached hydrogen (secondary N) is 1. The first-order valence-corrected chi connectivity index (χ1v) is 8.27. The first kappa shape index (κ1) is 17.7. The predicted octanol–water partition coefficient (Wildman–Crippen LogP) is -0.840. The molecule has 1 aliphatic heterocycles. The molecule has 0 aromatic carbocycles. The second-order valence-corrected chi connectivity index (χ2v) is 5.84. The van der Waals surface area contributed by atoms with Crippen LogP contribution in [0.4, 0.5) is 0 Å². The number of fused-ring (bicyclic) bond motifs is 1. The van der Waals surface area contributed by atoms with Crippen molar-refractivity contribution in [2.24, 2.45) is 0 Å². The smallest absolute Gasteiger partial charge is 0.257 e. The van der Waals surface area contributed by atoms with Crippen molar-refractivity contribution < 1.29 is 24.5 Å². The van der Waals surface area contributed by atoms with Crippen molar-refractivity contribution in [2.45, 2.75) is 25.0 Å². The van der Waals surface area contributed by atoms with Crippen molar-refractivity contribution in [3.05, 3.63) is 29.7 Å². The van der Waals surface area contributed by atoms with Crippen molar-refractivity contribution in [3.63, 3.8) is 0 Å². The van der Waals surface area contributed by atoms with Crippen LogP contribution in [0.1, 0.15) is 22.3 Å². The summed E-state index contributed by atoms with van der Waals surface area (Å²) in [6, 6.07) is -0.295. The molecule has 9 nitrogen and oxygen atoms in total. The molecule has 136 valence electrons. The Morgan fingerprint density at radius 3 is 3.08 bits per heavy atom. The number of ether oxygens (including phenoxy) is 2. The van der Waals surface area contributed by atoms with Gasteiger partial charge in [0.15, 0.2) is 5.65 Å². The van der Waals surface area contributed by atoms with Crippen LogP contribution in [0, 0.1) is 0 Å². The molecule has 0 saturated carbocycles. The fourth-order valence-corrected chi connectivity index (χ4v) is 2.83. The van der Waals surface area contributed by atoms with Crippen molar-refractivity contribution in [1.82, 2.24) is 19.9 Å². The Morgan fingerprint density at radius 1 is 1.40 bits per heavy atom. The van der Waals surface area contributed by atoms with E-state index in [1.54, 1.807) is 12.4 Å². The van der Waals surface area contributed by atoms with E-state index in [4.69, 9.17) is 19.7 Å². The van der Waals surface area contributed by atoms with Crippen LogP contribution in [0.15, 0.2) is 18.6 Å². The lowest BCUT2D eigenvalue weighted by Crippen LogP contribution is -2.50. The summed E-state index contributed by atoms with van der Waals surface area (Å²) >= 11 is 0. The van der Waals surface area contributed by atoms with Gasteiger partial charge in [0.05, 0.1) is 38.2 Å². The largest absolute Gasteiger partial charge is 0.396 e. The zero-order chi connectivity index (χ0) is 17.6. The molecule has 1 amide bonds. The molecule has 25 heavy (non-hydrogen) atoms. The van der Waals surface area contributed by atoms with Gasteiger partial charge in [-0.15, -0.1) is 0 Å². The second-order valence-electron chi connectivity index (χ2n) is 5.84. The highest BCUT2D eigenvalue weighted by atomic mass is 16.5. The van der Waals surface area contributed by atoms with Gasteiger partial charge in [0, 0.05) is 25.6 Å². The number of carbonyl (C=O) groups is 1. The van der Waals surface area contributed by atoms with Crippen molar-refractivity contribution >= 4 is 11.6 Å². The average molecular weight is 350 g/mol. The summed E-state index contributed by atoms with van der Waals surface area (Å²) in [5, 5.41) is 25.0. The number of rotatable bonds is 7. The Bertz CT molecular complexity index is 720. The van der Waals surface area contributed by atoms with Crippen LogP contribution in [0.5, 0.6) is 0 Å². The summed E-state index contributed by atoms with van der Waals surface area (Å²) in [6.45, 7) is 1.11. The lowest BCUT2D eigenvalue weighted by Gasteiger charge is -2.31. The van der Waals surface area contributed by atoms with Gasteiger partial charge in [-0.3, -0.25) is 4.79 Å². The van der Waals surface area contributed by atoms with E-state index in [1.165, 1.54) is 10.7 Å². The third-order valence-electron chi connectivity index (χ3n) is 4.09. The third-order valence-corrected chi connectivity index (χ3v) is 4.09. The van der Waals surface area contributed by atoms with Crippen LogP contribution in [-0.4, -0.2) is 75.9 Å². The van der Waals surface area contributed by atoms with Gasteiger partial charge in [-0.1, -0.05) is 0 Å². The van der Waals surface area contributed by atoms with E-state index < -0.39 is 0 Å². The van der Waals surface area contributed by atoms with Gasteiger partial charge in [-0.2, -0.15) is 5.10 Å². The van der Waals surface area contributed by atoms with Crippen LogP contribution in [0.3, 0.4) is 0 Å². The second kappa shape index (κ2) is 8.34. The summed E-state index contributed by atoms with van der Waals surface area (Å²) < 4.78 is 12.5. The average Bonchev–Trinajstić information content (AvgIpc) is 3.04. The lowest BCUT2D eigenvalue weighted by molar-refractivity contribution is -0.0612. The standard InChI is InChI=1S/C16H22N4O5/c21-3-1-11-7-17-15-12(8-18-20(15)9-11)16(23)19-13-10-24-5-2-14(13)25-6-4-22/h7-9,13-14,21-22H,1-6,10H2,(H,19,23)/t13-,14+/m1/s1. The number of aromatic nitrogens is 3. The minimum Gasteiger partial charge on any atom is -0.396 e. The number of carbonyl (C=O) groups excluding carboxylic acids is 1. The predicted molar refractivity (Wildman–Crippen MR) is 87.3 cm³/mol. The molecule has 2 aromatic heterocycles. The fraction of sp³-hybridized carbons (Fsp3) is 0.562. The summed E-state index contributed by atoms with van der Waals surface area (Å²) in [5.41, 5.74) is 1.65. The maximum atomic E-state index is 12.6. The summed E-state index contributed by atoms with van der Waals surface area (Å²) in [6.07, 6.45) is 5.77. The SMILES string of the molecule is O=C(N[C@@H]1COCC[C@@H]1OCCO)c1cnn2cc(CCO)cnc12. The molecule has 3 rings (SSSR count). The molecule has 0 radical (unpaired) electrons. The van der Waals surface area contributed by atoms with Gasteiger partial charge in [0.1, 0.15) is 5.56 Å². The zero-order valence-electron chi connectivity index (χ0n) is 13.8. The molecule has 3 N–H and O–H groups in total. The van der Waals surface area contributed by atoms with E-state index in [9.17, 15) is 4.79 Å². The van der Waals surface area contributed by atoms with Crippen LogP contribution in [-0.2, 0) is 15.9 Å². The molecule has 2 aromatic rings. The molecule has 0 bridgehead atoms. The molecule has 2 atom stereocenters. The molecule has 3 heterocycles. The summed E-state index contributed by atoms with van der Waals surface area (Å²) in [5.74, 6) is -0.300. The number of amides is 1. The van der Waals surface area contributed by atoms with Crippen LogP contribution in [0.2, 0.25) is 0 Å². The van der Waals surface area contributed by atoms with Gasteiger partial charge in [0.25, 0.3) is 5.91 Å². The van der Waals surface area contributed by atoms with E-state index in [0.29, 0.717) is 37.3 Å². The number of aliphatic hydroxyl groups is 2. The molecule has 9 heteroatoms. The number of aliphatic hydroxyl groups excluding tert-OH is 2. The first-order chi connectivity index (χ1) is 12.2. The van der Waals surface area contributed by atoms with Crippen LogP contribution < -0.4 is 5.32 Å². The highest BCUT2D eigenvalue weighted by Crippen LogP contribution is 2.14. The van der Waals surface area contributed by atoms with E-state index in [0.717, 1.165) is 5.56 Å². The van der Waals surface area contributed by atoms with Crippen molar-refractivity contribution in [2.75, 3.05) is 33.0 Å². The normalized spacial score (nSPS) is 20.7. The number of nitrogens with zero attached hydrogens (tertiary/aromatic N) is 3.